The molecule has 2 nitrogen and oxygen atoms in total. The van der Waals surface area contributed by atoms with E-state index >= 15 is 0 Å². The van der Waals surface area contributed by atoms with Gasteiger partial charge in [-0.1, -0.05) is 24.3 Å². The van der Waals surface area contributed by atoms with Gasteiger partial charge >= 0.3 is 0 Å². The number of fused-ring (bicyclic) bond motifs is 1. The highest BCUT2D eigenvalue weighted by molar-refractivity contribution is 5.55. The number of hydrogen-bond donors (Lipinski definition) is 0. The molecule has 1 aromatic carbocycles. The smallest absolute Gasteiger partial charge is 0.119 e. The van der Waals surface area contributed by atoms with Gasteiger partial charge in [0.1, 0.15) is 5.75 Å². The second-order valence-corrected chi connectivity index (χ2v) is 6.31. The maximum absolute atomic E-state index is 5.47. The van der Waals surface area contributed by atoms with E-state index in [1.54, 1.807) is 12.7 Å². The van der Waals surface area contributed by atoms with E-state index in [2.05, 4.69) is 48.4 Å². The van der Waals surface area contributed by atoms with Gasteiger partial charge in [-0.25, -0.2) is 0 Å². The Morgan fingerprint density at radius 2 is 2.25 bits per heavy atom. The van der Waals surface area contributed by atoms with Crippen LogP contribution in [0.25, 0.3) is 0 Å². The third-order valence-corrected chi connectivity index (χ3v) is 5.46. The van der Waals surface area contributed by atoms with E-state index in [0.29, 0.717) is 6.04 Å². The third-order valence-electron chi connectivity index (χ3n) is 5.46. The van der Waals surface area contributed by atoms with E-state index in [-0.39, 0.29) is 5.41 Å². The molecule has 20 heavy (non-hydrogen) atoms. The van der Waals surface area contributed by atoms with Crippen molar-refractivity contribution < 1.29 is 4.74 Å². The van der Waals surface area contributed by atoms with Crippen molar-refractivity contribution in [1.82, 2.24) is 4.90 Å². The molecule has 0 spiro atoms. The standard InChI is InChI=1S/C18H21NO/c1-19-10-9-18-8-4-3-5-15(18)17(19)11-13-6-7-14(20-2)12-16(13)18/h3-7,12,17H,8-11H2,1-2H3. The first-order chi connectivity index (χ1) is 9.74. The fraction of sp³-hybridized carbons (Fsp3) is 0.444. The molecule has 2 bridgehead atoms. The molecule has 1 heterocycles. The summed E-state index contributed by atoms with van der Waals surface area (Å²) in [7, 11) is 4.03. The fourth-order valence-corrected chi connectivity index (χ4v) is 4.34. The van der Waals surface area contributed by atoms with Crippen LogP contribution in [0.1, 0.15) is 24.0 Å². The van der Waals surface area contributed by atoms with Gasteiger partial charge in [0.05, 0.1) is 7.11 Å². The average molecular weight is 267 g/mol. The number of benzene rings is 1. The molecule has 2 heteroatoms. The van der Waals surface area contributed by atoms with Crippen molar-refractivity contribution in [2.75, 3.05) is 20.7 Å². The van der Waals surface area contributed by atoms with Gasteiger partial charge in [0, 0.05) is 11.5 Å². The van der Waals surface area contributed by atoms with Crippen LogP contribution in [0.15, 0.2) is 42.0 Å². The average Bonchev–Trinajstić information content (AvgIpc) is 2.50. The van der Waals surface area contributed by atoms with Crippen LogP contribution in [-0.2, 0) is 11.8 Å². The molecule has 0 aromatic heterocycles. The third kappa shape index (κ3) is 1.49. The van der Waals surface area contributed by atoms with Crippen LogP contribution < -0.4 is 4.74 Å². The predicted molar refractivity (Wildman–Crippen MR) is 81.3 cm³/mol. The Bertz CT molecular complexity index is 616. The number of likely N-dealkylation sites (N-methyl/N-ethyl adjacent to an activating group) is 1. The lowest BCUT2D eigenvalue weighted by Gasteiger charge is -2.53. The number of likely N-dealkylation sites (tertiary alicyclic amines) is 1. The molecule has 1 aliphatic heterocycles. The van der Waals surface area contributed by atoms with Gasteiger partial charge in [-0.2, -0.15) is 0 Å². The second kappa shape index (κ2) is 4.23. The van der Waals surface area contributed by atoms with Crippen LogP contribution in [-0.4, -0.2) is 31.6 Å². The normalized spacial score (nSPS) is 31.3. The maximum Gasteiger partial charge on any atom is 0.119 e. The van der Waals surface area contributed by atoms with E-state index in [9.17, 15) is 0 Å². The Kier molecular flexibility index (Phi) is 2.58. The molecule has 2 aliphatic carbocycles. The summed E-state index contributed by atoms with van der Waals surface area (Å²) in [5.41, 5.74) is 4.87. The highest BCUT2D eigenvalue weighted by atomic mass is 16.5. The monoisotopic (exact) mass is 267 g/mol. The summed E-state index contributed by atoms with van der Waals surface area (Å²) < 4.78 is 5.47. The molecule has 0 N–H and O–H groups in total. The van der Waals surface area contributed by atoms with Crippen LogP contribution in [0.3, 0.4) is 0 Å². The number of rotatable bonds is 1. The van der Waals surface area contributed by atoms with Crippen molar-refractivity contribution in [1.29, 1.82) is 0 Å². The molecule has 3 aliphatic rings. The van der Waals surface area contributed by atoms with Crippen molar-refractivity contribution in [2.24, 2.45) is 0 Å². The zero-order valence-electron chi connectivity index (χ0n) is 12.2. The lowest BCUT2D eigenvalue weighted by molar-refractivity contribution is 0.167. The Morgan fingerprint density at radius 3 is 3.10 bits per heavy atom. The SMILES string of the molecule is COc1ccc2c(c1)C13CC=CC=C1C(C2)N(C)CC3. The molecule has 2 atom stereocenters. The molecular formula is C18H21NO. The van der Waals surface area contributed by atoms with Crippen molar-refractivity contribution in [3.8, 4) is 5.75 Å². The second-order valence-electron chi connectivity index (χ2n) is 6.31. The van der Waals surface area contributed by atoms with Gasteiger partial charge in [0.15, 0.2) is 0 Å². The summed E-state index contributed by atoms with van der Waals surface area (Å²) in [6.45, 7) is 1.19. The van der Waals surface area contributed by atoms with E-state index in [0.717, 1.165) is 18.6 Å². The maximum atomic E-state index is 5.47. The molecule has 0 amide bonds. The summed E-state index contributed by atoms with van der Waals surface area (Å²) in [6.07, 6.45) is 10.4. The molecule has 104 valence electrons. The lowest BCUT2D eigenvalue weighted by atomic mass is 9.58. The number of ether oxygens (including phenoxy) is 1. The summed E-state index contributed by atoms with van der Waals surface area (Å²) in [5.74, 6) is 0.990. The van der Waals surface area contributed by atoms with E-state index in [1.165, 1.54) is 24.1 Å². The largest absolute Gasteiger partial charge is 0.497 e. The van der Waals surface area contributed by atoms with Gasteiger partial charge in [-0.3, -0.25) is 4.90 Å². The minimum atomic E-state index is 0.230. The zero-order valence-corrected chi connectivity index (χ0v) is 12.2. The van der Waals surface area contributed by atoms with Crippen molar-refractivity contribution in [2.45, 2.75) is 30.7 Å². The van der Waals surface area contributed by atoms with E-state index in [1.807, 2.05) is 0 Å². The first-order valence-electron chi connectivity index (χ1n) is 7.49. The van der Waals surface area contributed by atoms with Gasteiger partial charge in [0.25, 0.3) is 0 Å². The first kappa shape index (κ1) is 12.2. The van der Waals surface area contributed by atoms with E-state index in [4.69, 9.17) is 4.74 Å². The van der Waals surface area contributed by atoms with Crippen molar-refractivity contribution in [3.63, 3.8) is 0 Å². The molecule has 1 saturated heterocycles. The Balaban J connectivity index is 1.94. The molecular weight excluding hydrogens is 246 g/mol. The number of piperidine rings is 1. The minimum Gasteiger partial charge on any atom is -0.497 e. The predicted octanol–water partition coefficient (Wildman–Crippen LogP) is 3.08. The molecule has 1 aromatic rings. The Morgan fingerprint density at radius 1 is 1.35 bits per heavy atom. The Hall–Kier alpha value is -1.54. The summed E-state index contributed by atoms with van der Waals surface area (Å²) in [6, 6.07) is 7.24. The van der Waals surface area contributed by atoms with Gasteiger partial charge in [0.2, 0.25) is 0 Å². The molecule has 2 unspecified atom stereocenters. The van der Waals surface area contributed by atoms with Crippen LogP contribution in [0, 0.1) is 0 Å². The lowest BCUT2D eigenvalue weighted by Crippen LogP contribution is -2.54. The quantitative estimate of drug-likeness (QED) is 0.775. The highest BCUT2D eigenvalue weighted by Gasteiger charge is 2.48. The summed E-state index contributed by atoms with van der Waals surface area (Å²) in [4.78, 5) is 2.52. The minimum absolute atomic E-state index is 0.230. The molecule has 4 rings (SSSR count). The molecule has 1 fully saturated rings. The van der Waals surface area contributed by atoms with Crippen molar-refractivity contribution in [3.05, 3.63) is 53.1 Å². The highest BCUT2D eigenvalue weighted by Crippen LogP contribution is 2.52. The van der Waals surface area contributed by atoms with Gasteiger partial charge < -0.3 is 4.74 Å². The zero-order chi connectivity index (χ0) is 13.7. The van der Waals surface area contributed by atoms with E-state index < -0.39 is 0 Å². The number of nitrogens with zero attached hydrogens (tertiary/aromatic N) is 1. The van der Waals surface area contributed by atoms with Crippen molar-refractivity contribution >= 4 is 0 Å². The van der Waals surface area contributed by atoms with Crippen LogP contribution in [0.5, 0.6) is 5.75 Å². The fourth-order valence-electron chi connectivity index (χ4n) is 4.34. The van der Waals surface area contributed by atoms with Crippen LogP contribution >= 0.6 is 0 Å². The van der Waals surface area contributed by atoms with Crippen LogP contribution in [0.4, 0.5) is 0 Å². The van der Waals surface area contributed by atoms with Crippen LogP contribution in [0.2, 0.25) is 0 Å². The summed E-state index contributed by atoms with van der Waals surface area (Å²) >= 11 is 0. The van der Waals surface area contributed by atoms with Gasteiger partial charge in [-0.05, 0) is 61.7 Å². The first-order valence-corrected chi connectivity index (χ1v) is 7.49. The van der Waals surface area contributed by atoms with Gasteiger partial charge in [-0.15, -0.1) is 0 Å². The molecule has 0 radical (unpaired) electrons. The summed E-state index contributed by atoms with van der Waals surface area (Å²) in [5, 5.41) is 0. The number of allylic oxidation sites excluding steroid dienone is 3. The Labute approximate surface area is 120 Å². The molecule has 0 saturated carbocycles. The topological polar surface area (TPSA) is 12.5 Å². The number of hydrogen-bond acceptors (Lipinski definition) is 2. The number of methoxy groups -OCH3 is 1.